The molecule has 3 rings (SSSR count). The van der Waals surface area contributed by atoms with E-state index in [1.54, 1.807) is 4.57 Å². The molecule has 26 heavy (non-hydrogen) atoms. The molecule has 1 aromatic carbocycles. The number of fused-ring (bicyclic) bond motifs is 1. The highest BCUT2D eigenvalue weighted by atomic mass is 16.5. The molecule has 1 aliphatic heterocycles. The Morgan fingerprint density at radius 2 is 2.04 bits per heavy atom. The number of rotatable bonds is 7. The average molecular weight is 360 g/mol. The maximum Gasteiger partial charge on any atom is 0.294 e. The van der Waals surface area contributed by atoms with Gasteiger partial charge >= 0.3 is 0 Å². The lowest BCUT2D eigenvalue weighted by molar-refractivity contribution is -0.121. The first-order valence-electron chi connectivity index (χ1n) is 8.90. The molecule has 1 aliphatic rings. The van der Waals surface area contributed by atoms with Gasteiger partial charge in [-0.05, 0) is 18.6 Å². The van der Waals surface area contributed by atoms with E-state index in [4.69, 9.17) is 9.84 Å². The number of aliphatic hydroxyl groups excluding tert-OH is 1. The van der Waals surface area contributed by atoms with Crippen molar-refractivity contribution in [3.63, 3.8) is 0 Å². The van der Waals surface area contributed by atoms with Gasteiger partial charge in [0.05, 0.1) is 24.2 Å². The number of benzene rings is 1. The Labute approximate surface area is 151 Å². The molecule has 140 valence electrons. The number of ether oxygens (including phenoxy) is 1. The van der Waals surface area contributed by atoms with Gasteiger partial charge in [0.15, 0.2) is 5.82 Å². The summed E-state index contributed by atoms with van der Waals surface area (Å²) in [6.45, 7) is 3.15. The van der Waals surface area contributed by atoms with Gasteiger partial charge in [0.25, 0.3) is 5.56 Å². The highest BCUT2D eigenvalue weighted by molar-refractivity contribution is 5.78. The number of hydrogen-bond acceptors (Lipinski definition) is 6. The number of amides is 1. The Balaban J connectivity index is 1.86. The summed E-state index contributed by atoms with van der Waals surface area (Å²) in [5.41, 5.74) is 1.26. The number of morpholine rings is 1. The summed E-state index contributed by atoms with van der Waals surface area (Å²) in [7, 11) is 0. The molecule has 0 spiro atoms. The molecule has 1 amide bonds. The number of nitrogens with zero attached hydrogens (tertiary/aromatic N) is 3. The Morgan fingerprint density at radius 1 is 1.27 bits per heavy atom. The van der Waals surface area contributed by atoms with Crippen LogP contribution in [0.2, 0.25) is 0 Å². The van der Waals surface area contributed by atoms with Gasteiger partial charge in [0.2, 0.25) is 5.91 Å². The first-order chi connectivity index (χ1) is 12.7. The molecule has 8 heteroatoms. The fourth-order valence-corrected chi connectivity index (χ4v) is 2.99. The van der Waals surface area contributed by atoms with Crippen molar-refractivity contribution in [2.24, 2.45) is 0 Å². The summed E-state index contributed by atoms with van der Waals surface area (Å²) in [5.74, 6) is 0.270. The highest BCUT2D eigenvalue weighted by Gasteiger charge is 2.19. The van der Waals surface area contributed by atoms with Crippen LogP contribution in [0.1, 0.15) is 12.8 Å². The molecule has 0 aliphatic carbocycles. The van der Waals surface area contributed by atoms with Crippen LogP contribution in [0.25, 0.3) is 11.0 Å². The van der Waals surface area contributed by atoms with Crippen molar-refractivity contribution in [1.82, 2.24) is 14.9 Å². The SMILES string of the molecule is O=C(CCn1c(=O)c(N2CCOCC2)nc2ccccc21)NCCCO. The maximum atomic E-state index is 13.0. The predicted molar refractivity (Wildman–Crippen MR) is 98.4 cm³/mol. The smallest absolute Gasteiger partial charge is 0.294 e. The molecule has 2 heterocycles. The minimum absolute atomic E-state index is 0.0393. The summed E-state index contributed by atoms with van der Waals surface area (Å²) in [6, 6.07) is 7.46. The molecule has 2 aromatic rings. The van der Waals surface area contributed by atoms with Crippen molar-refractivity contribution < 1.29 is 14.6 Å². The van der Waals surface area contributed by atoms with Gasteiger partial charge in [0, 0.05) is 39.2 Å². The van der Waals surface area contributed by atoms with Crippen LogP contribution in [-0.4, -0.2) is 60.0 Å². The Hall–Kier alpha value is -2.45. The van der Waals surface area contributed by atoms with Gasteiger partial charge in [0.1, 0.15) is 0 Å². The van der Waals surface area contributed by atoms with Crippen LogP contribution in [0.5, 0.6) is 0 Å². The number of carbonyl (C=O) groups is 1. The second-order valence-electron chi connectivity index (χ2n) is 6.16. The molecule has 1 aromatic heterocycles. The van der Waals surface area contributed by atoms with Crippen LogP contribution in [0.3, 0.4) is 0 Å². The van der Waals surface area contributed by atoms with Crippen LogP contribution in [0.4, 0.5) is 5.82 Å². The van der Waals surface area contributed by atoms with Crippen LogP contribution < -0.4 is 15.8 Å². The van der Waals surface area contributed by atoms with E-state index in [1.807, 2.05) is 29.2 Å². The monoisotopic (exact) mass is 360 g/mol. The van der Waals surface area contributed by atoms with Crippen LogP contribution >= 0.6 is 0 Å². The third-order valence-electron chi connectivity index (χ3n) is 4.37. The predicted octanol–water partition coefficient (Wildman–Crippen LogP) is 0.122. The van der Waals surface area contributed by atoms with Crippen LogP contribution in [-0.2, 0) is 16.1 Å². The molecule has 8 nitrogen and oxygen atoms in total. The van der Waals surface area contributed by atoms with E-state index in [-0.39, 0.29) is 31.0 Å². The zero-order chi connectivity index (χ0) is 18.4. The summed E-state index contributed by atoms with van der Waals surface area (Å²) < 4.78 is 6.98. The summed E-state index contributed by atoms with van der Waals surface area (Å²) in [5, 5.41) is 11.5. The van der Waals surface area contributed by atoms with Gasteiger partial charge in [-0.3, -0.25) is 9.59 Å². The molecule has 0 unspecified atom stereocenters. The van der Waals surface area contributed by atoms with Gasteiger partial charge in [-0.2, -0.15) is 0 Å². The first-order valence-corrected chi connectivity index (χ1v) is 8.90. The van der Waals surface area contributed by atoms with E-state index in [1.165, 1.54) is 0 Å². The lowest BCUT2D eigenvalue weighted by Gasteiger charge is -2.28. The fourth-order valence-electron chi connectivity index (χ4n) is 2.99. The zero-order valence-electron chi connectivity index (χ0n) is 14.7. The van der Waals surface area contributed by atoms with E-state index in [0.717, 1.165) is 11.0 Å². The Bertz CT molecular complexity index is 814. The van der Waals surface area contributed by atoms with E-state index >= 15 is 0 Å². The third kappa shape index (κ3) is 4.20. The Morgan fingerprint density at radius 3 is 2.81 bits per heavy atom. The number of hydrogen-bond donors (Lipinski definition) is 2. The van der Waals surface area contributed by atoms with E-state index in [2.05, 4.69) is 10.3 Å². The van der Waals surface area contributed by atoms with E-state index in [0.29, 0.717) is 45.1 Å². The number of aryl methyl sites for hydroxylation is 1. The van der Waals surface area contributed by atoms with E-state index < -0.39 is 0 Å². The molecule has 0 atom stereocenters. The number of carbonyl (C=O) groups excluding carboxylic acids is 1. The first kappa shape index (κ1) is 18.3. The molecule has 1 fully saturated rings. The largest absolute Gasteiger partial charge is 0.396 e. The number of aliphatic hydroxyl groups is 1. The van der Waals surface area contributed by atoms with E-state index in [9.17, 15) is 9.59 Å². The fraction of sp³-hybridized carbons (Fsp3) is 0.500. The molecule has 0 bridgehead atoms. The number of nitrogens with one attached hydrogen (secondary N) is 1. The van der Waals surface area contributed by atoms with Gasteiger partial charge in [-0.15, -0.1) is 0 Å². The zero-order valence-corrected chi connectivity index (χ0v) is 14.7. The summed E-state index contributed by atoms with van der Waals surface area (Å²) in [4.78, 5) is 31.5. The van der Waals surface area contributed by atoms with Crippen LogP contribution in [0.15, 0.2) is 29.1 Å². The highest BCUT2D eigenvalue weighted by Crippen LogP contribution is 2.15. The van der Waals surface area contributed by atoms with Gasteiger partial charge in [-0.25, -0.2) is 4.98 Å². The molecular formula is C18H24N4O4. The number of anilines is 1. The van der Waals surface area contributed by atoms with Crippen molar-refractivity contribution in [3.8, 4) is 0 Å². The topological polar surface area (TPSA) is 96.7 Å². The summed E-state index contributed by atoms with van der Waals surface area (Å²) in [6.07, 6.45) is 0.715. The van der Waals surface area contributed by atoms with Crippen molar-refractivity contribution in [3.05, 3.63) is 34.6 Å². The second kappa shape index (κ2) is 8.77. The second-order valence-corrected chi connectivity index (χ2v) is 6.16. The normalized spacial score (nSPS) is 14.6. The number of aromatic nitrogens is 2. The summed E-state index contributed by atoms with van der Waals surface area (Å²) >= 11 is 0. The third-order valence-corrected chi connectivity index (χ3v) is 4.37. The maximum absolute atomic E-state index is 13.0. The molecule has 2 N–H and O–H groups in total. The molecular weight excluding hydrogens is 336 g/mol. The minimum Gasteiger partial charge on any atom is -0.396 e. The standard InChI is InChI=1S/C18H24N4O4/c23-11-3-7-19-16(24)6-8-22-15-5-2-1-4-14(15)20-17(18(22)25)21-9-12-26-13-10-21/h1-2,4-5,23H,3,6-13H2,(H,19,24). The molecule has 0 saturated carbocycles. The molecule has 1 saturated heterocycles. The van der Waals surface area contributed by atoms with Crippen molar-refractivity contribution in [2.45, 2.75) is 19.4 Å². The number of para-hydroxylation sites is 2. The average Bonchev–Trinajstić information content (AvgIpc) is 2.68. The van der Waals surface area contributed by atoms with Crippen molar-refractivity contribution in [1.29, 1.82) is 0 Å². The van der Waals surface area contributed by atoms with Crippen molar-refractivity contribution in [2.75, 3.05) is 44.4 Å². The minimum atomic E-state index is -0.186. The van der Waals surface area contributed by atoms with Gasteiger partial charge in [-0.1, -0.05) is 12.1 Å². The Kier molecular flexibility index (Phi) is 6.19. The molecule has 0 radical (unpaired) electrons. The lowest BCUT2D eigenvalue weighted by atomic mass is 10.2. The van der Waals surface area contributed by atoms with Crippen LogP contribution in [0, 0.1) is 0 Å². The quantitative estimate of drug-likeness (QED) is 0.681. The lowest BCUT2D eigenvalue weighted by Crippen LogP contribution is -2.41. The van der Waals surface area contributed by atoms with Gasteiger partial charge < -0.3 is 24.6 Å². The van der Waals surface area contributed by atoms with Crippen molar-refractivity contribution >= 4 is 22.8 Å².